The van der Waals surface area contributed by atoms with Crippen molar-refractivity contribution in [3.8, 4) is 5.75 Å². The molecule has 0 radical (unpaired) electrons. The van der Waals surface area contributed by atoms with Gasteiger partial charge in [-0.25, -0.2) is 8.78 Å². The Morgan fingerprint density at radius 3 is 2.48 bits per heavy atom. The summed E-state index contributed by atoms with van der Waals surface area (Å²) in [6.45, 7) is 1.91. The molecule has 5 heteroatoms. The average molecular weight is 356 g/mol. The minimum Gasteiger partial charge on any atom is -0.484 e. The van der Waals surface area contributed by atoms with E-state index in [0.717, 1.165) is 0 Å². The fourth-order valence-electron chi connectivity index (χ4n) is 2.00. The summed E-state index contributed by atoms with van der Waals surface area (Å²) >= 11 is 3.10. The molecule has 21 heavy (non-hydrogen) atoms. The quantitative estimate of drug-likeness (QED) is 0.851. The number of hydrogen-bond acceptors (Lipinski definition) is 2. The fraction of sp³-hybridized carbons (Fsp3) is 0.250. The van der Waals surface area contributed by atoms with Crippen LogP contribution in [0, 0.1) is 11.6 Å². The lowest BCUT2D eigenvalue weighted by Crippen LogP contribution is -2.32. The molecule has 0 aliphatic rings. The lowest BCUT2D eigenvalue weighted by Gasteiger charge is -2.25. The molecule has 2 aromatic carbocycles. The zero-order valence-corrected chi connectivity index (χ0v) is 13.1. The van der Waals surface area contributed by atoms with Crippen LogP contribution in [-0.4, -0.2) is 6.04 Å². The summed E-state index contributed by atoms with van der Waals surface area (Å²) in [5.74, 6) is -0.322. The van der Waals surface area contributed by atoms with E-state index in [1.54, 1.807) is 18.2 Å². The first-order chi connectivity index (χ1) is 10.0. The van der Waals surface area contributed by atoms with Crippen LogP contribution in [0.4, 0.5) is 8.78 Å². The van der Waals surface area contributed by atoms with Gasteiger partial charge in [0.1, 0.15) is 23.5 Å². The van der Waals surface area contributed by atoms with Crippen molar-refractivity contribution in [1.82, 2.24) is 0 Å². The van der Waals surface area contributed by atoms with E-state index in [2.05, 4.69) is 15.9 Å². The summed E-state index contributed by atoms with van der Waals surface area (Å²) in [5.41, 5.74) is 6.45. The summed E-state index contributed by atoms with van der Waals surface area (Å²) < 4.78 is 33.3. The number of halogens is 3. The van der Waals surface area contributed by atoms with Crippen LogP contribution >= 0.6 is 15.9 Å². The summed E-state index contributed by atoms with van der Waals surface area (Å²) in [4.78, 5) is 0. The van der Waals surface area contributed by atoms with E-state index >= 15 is 0 Å². The van der Waals surface area contributed by atoms with E-state index in [1.807, 2.05) is 6.92 Å². The Morgan fingerprint density at radius 1 is 1.14 bits per heavy atom. The Hall–Kier alpha value is -1.46. The van der Waals surface area contributed by atoms with Gasteiger partial charge in [-0.2, -0.15) is 0 Å². The van der Waals surface area contributed by atoms with Crippen LogP contribution in [0.5, 0.6) is 5.75 Å². The standard InChI is InChI=1S/C16H16BrF2NO/c1-2-15(20)16(11-5-3-4-6-13(11)18)21-10-7-8-14(19)12(17)9-10/h3-9,15-16H,2,20H2,1H3. The minimum absolute atomic E-state index is 0.289. The average Bonchev–Trinajstić information content (AvgIpc) is 2.48. The molecule has 112 valence electrons. The van der Waals surface area contributed by atoms with Gasteiger partial charge in [-0.05, 0) is 46.6 Å². The second kappa shape index (κ2) is 7.00. The molecular weight excluding hydrogens is 340 g/mol. The Bertz CT molecular complexity index is 621. The predicted octanol–water partition coefficient (Wildman–Crippen LogP) is 4.58. The summed E-state index contributed by atoms with van der Waals surface area (Å²) in [5, 5.41) is 0. The van der Waals surface area contributed by atoms with Crippen molar-refractivity contribution in [2.75, 3.05) is 0 Å². The van der Waals surface area contributed by atoms with E-state index in [1.165, 1.54) is 24.3 Å². The summed E-state index contributed by atoms with van der Waals surface area (Å²) in [6.07, 6.45) is -0.00461. The molecule has 0 saturated heterocycles. The van der Waals surface area contributed by atoms with Gasteiger partial charge in [-0.1, -0.05) is 25.1 Å². The molecule has 0 bridgehead atoms. The molecule has 2 nitrogen and oxygen atoms in total. The van der Waals surface area contributed by atoms with Crippen LogP contribution in [0.25, 0.3) is 0 Å². The van der Waals surface area contributed by atoms with Crippen molar-refractivity contribution in [3.05, 3.63) is 64.1 Å². The van der Waals surface area contributed by atoms with Crippen LogP contribution in [-0.2, 0) is 0 Å². The molecule has 0 spiro atoms. The van der Waals surface area contributed by atoms with E-state index in [0.29, 0.717) is 17.7 Å². The van der Waals surface area contributed by atoms with Crippen molar-refractivity contribution in [1.29, 1.82) is 0 Å². The minimum atomic E-state index is -0.631. The highest BCUT2D eigenvalue weighted by Crippen LogP contribution is 2.29. The van der Waals surface area contributed by atoms with Crippen LogP contribution in [0.1, 0.15) is 25.0 Å². The van der Waals surface area contributed by atoms with E-state index < -0.39 is 6.10 Å². The van der Waals surface area contributed by atoms with Crippen molar-refractivity contribution in [3.63, 3.8) is 0 Å². The molecule has 2 aromatic rings. The highest BCUT2D eigenvalue weighted by atomic mass is 79.9. The molecule has 0 saturated carbocycles. The lowest BCUT2D eigenvalue weighted by molar-refractivity contribution is 0.166. The van der Waals surface area contributed by atoms with Crippen LogP contribution in [0.2, 0.25) is 0 Å². The number of nitrogens with two attached hydrogens (primary N) is 1. The molecule has 2 rings (SSSR count). The molecule has 2 unspecified atom stereocenters. The van der Waals surface area contributed by atoms with Gasteiger partial charge >= 0.3 is 0 Å². The number of benzene rings is 2. The van der Waals surface area contributed by atoms with Gasteiger partial charge in [0, 0.05) is 11.6 Å². The van der Waals surface area contributed by atoms with E-state index in [4.69, 9.17) is 10.5 Å². The highest BCUT2D eigenvalue weighted by Gasteiger charge is 2.23. The molecule has 0 aliphatic heterocycles. The zero-order valence-electron chi connectivity index (χ0n) is 11.5. The van der Waals surface area contributed by atoms with Crippen LogP contribution < -0.4 is 10.5 Å². The molecular formula is C16H16BrF2NO. The van der Waals surface area contributed by atoms with Gasteiger partial charge in [-0.15, -0.1) is 0 Å². The smallest absolute Gasteiger partial charge is 0.142 e. The monoisotopic (exact) mass is 355 g/mol. The Labute approximate surface area is 131 Å². The summed E-state index contributed by atoms with van der Waals surface area (Å²) in [6, 6.07) is 10.3. The third-order valence-corrected chi connectivity index (χ3v) is 3.83. The first-order valence-electron chi connectivity index (χ1n) is 6.64. The lowest BCUT2D eigenvalue weighted by atomic mass is 10.0. The largest absolute Gasteiger partial charge is 0.484 e. The third kappa shape index (κ3) is 3.80. The Kier molecular flexibility index (Phi) is 5.31. The topological polar surface area (TPSA) is 35.2 Å². The number of ether oxygens (including phenoxy) is 1. The van der Waals surface area contributed by atoms with Gasteiger partial charge < -0.3 is 10.5 Å². The Balaban J connectivity index is 2.33. The molecule has 0 aromatic heterocycles. The van der Waals surface area contributed by atoms with Gasteiger partial charge in [0.25, 0.3) is 0 Å². The zero-order chi connectivity index (χ0) is 15.4. The maximum atomic E-state index is 14.0. The van der Waals surface area contributed by atoms with Crippen molar-refractivity contribution >= 4 is 15.9 Å². The van der Waals surface area contributed by atoms with Gasteiger partial charge in [0.2, 0.25) is 0 Å². The van der Waals surface area contributed by atoms with Crippen molar-refractivity contribution in [2.45, 2.75) is 25.5 Å². The van der Waals surface area contributed by atoms with Gasteiger partial charge in [-0.3, -0.25) is 0 Å². The number of hydrogen-bond donors (Lipinski definition) is 1. The maximum Gasteiger partial charge on any atom is 0.142 e. The van der Waals surface area contributed by atoms with Gasteiger partial charge in [0.15, 0.2) is 0 Å². The predicted molar refractivity (Wildman–Crippen MR) is 82.1 cm³/mol. The van der Waals surface area contributed by atoms with Crippen LogP contribution in [0.3, 0.4) is 0 Å². The molecule has 0 heterocycles. The number of rotatable bonds is 5. The third-order valence-electron chi connectivity index (χ3n) is 3.23. The first kappa shape index (κ1) is 15.9. The maximum absolute atomic E-state index is 14.0. The highest BCUT2D eigenvalue weighted by molar-refractivity contribution is 9.10. The fourth-order valence-corrected chi connectivity index (χ4v) is 2.36. The molecule has 2 N–H and O–H groups in total. The summed E-state index contributed by atoms with van der Waals surface area (Å²) in [7, 11) is 0. The van der Waals surface area contributed by atoms with E-state index in [9.17, 15) is 8.78 Å². The van der Waals surface area contributed by atoms with Crippen LogP contribution in [0.15, 0.2) is 46.9 Å². The Morgan fingerprint density at radius 2 is 1.86 bits per heavy atom. The molecule has 0 aliphatic carbocycles. The van der Waals surface area contributed by atoms with E-state index in [-0.39, 0.29) is 22.1 Å². The molecule has 2 atom stereocenters. The normalized spacial score (nSPS) is 13.8. The SMILES string of the molecule is CCC(N)C(Oc1ccc(F)c(Br)c1)c1ccccc1F. The second-order valence-electron chi connectivity index (χ2n) is 4.71. The molecule has 0 amide bonds. The first-order valence-corrected chi connectivity index (χ1v) is 7.44. The van der Waals surface area contributed by atoms with Crippen molar-refractivity contribution < 1.29 is 13.5 Å². The molecule has 0 fully saturated rings. The van der Waals surface area contributed by atoms with Gasteiger partial charge in [0.05, 0.1) is 4.47 Å². The second-order valence-corrected chi connectivity index (χ2v) is 5.56. The van der Waals surface area contributed by atoms with Crippen molar-refractivity contribution in [2.24, 2.45) is 5.73 Å².